The number of anilines is 1. The Balaban J connectivity index is 1.74. The number of carbonyl (C=O) groups excluding carboxylic acids is 1. The van der Waals surface area contributed by atoms with Crippen LogP contribution >= 0.6 is 34.6 Å². The average Bonchev–Trinajstić information content (AvgIpc) is 3.17. The minimum absolute atomic E-state index is 0.100. The summed E-state index contributed by atoms with van der Waals surface area (Å²) >= 11 is 4.38. The molecule has 1 aliphatic heterocycles. The van der Waals surface area contributed by atoms with Crippen molar-refractivity contribution in [1.29, 1.82) is 0 Å². The van der Waals surface area contributed by atoms with Crippen LogP contribution in [0, 0.1) is 6.92 Å². The SMILES string of the molecule is CSc1nsc(NC(=O)c2cc(C3CCCN3)sc2C)n1. The van der Waals surface area contributed by atoms with Crippen LogP contribution in [0.15, 0.2) is 11.2 Å². The number of amides is 1. The lowest BCUT2D eigenvalue weighted by atomic mass is 10.1. The van der Waals surface area contributed by atoms with E-state index in [2.05, 4.69) is 20.0 Å². The summed E-state index contributed by atoms with van der Waals surface area (Å²) in [6.45, 7) is 3.05. The normalized spacial score (nSPS) is 18.1. The Morgan fingerprint density at radius 3 is 3.10 bits per heavy atom. The Bertz CT molecular complexity index is 646. The van der Waals surface area contributed by atoms with Crippen molar-refractivity contribution in [3.05, 3.63) is 21.4 Å². The maximum absolute atomic E-state index is 12.4. The van der Waals surface area contributed by atoms with E-state index in [1.54, 1.807) is 11.3 Å². The van der Waals surface area contributed by atoms with Crippen LogP contribution in [0.4, 0.5) is 5.13 Å². The second-order valence-electron chi connectivity index (χ2n) is 4.81. The third kappa shape index (κ3) is 3.28. The molecule has 5 nitrogen and oxygen atoms in total. The number of aromatic nitrogens is 2. The van der Waals surface area contributed by atoms with Gasteiger partial charge in [-0.15, -0.1) is 11.3 Å². The van der Waals surface area contributed by atoms with Crippen molar-refractivity contribution in [1.82, 2.24) is 14.7 Å². The van der Waals surface area contributed by atoms with Crippen molar-refractivity contribution in [3.8, 4) is 0 Å². The molecule has 1 fully saturated rings. The van der Waals surface area contributed by atoms with Crippen molar-refractivity contribution in [3.63, 3.8) is 0 Å². The van der Waals surface area contributed by atoms with Gasteiger partial charge >= 0.3 is 0 Å². The Hall–Kier alpha value is -0.960. The summed E-state index contributed by atoms with van der Waals surface area (Å²) in [5.41, 5.74) is 0.740. The Morgan fingerprint density at radius 2 is 2.43 bits per heavy atom. The van der Waals surface area contributed by atoms with Gasteiger partial charge in [-0.25, -0.2) is 0 Å². The van der Waals surface area contributed by atoms with Gasteiger partial charge in [0.05, 0.1) is 5.56 Å². The highest BCUT2D eigenvalue weighted by Gasteiger charge is 2.22. The monoisotopic (exact) mass is 340 g/mol. The van der Waals surface area contributed by atoms with Gasteiger partial charge in [-0.2, -0.15) is 9.36 Å². The molecule has 0 aliphatic carbocycles. The third-order valence-corrected chi connectivity index (χ3v) is 5.85. The number of rotatable bonds is 4. The molecule has 1 saturated heterocycles. The highest BCUT2D eigenvalue weighted by atomic mass is 32.2. The maximum Gasteiger partial charge on any atom is 0.258 e. The summed E-state index contributed by atoms with van der Waals surface area (Å²) in [7, 11) is 0. The van der Waals surface area contributed by atoms with E-state index in [0.717, 1.165) is 23.4 Å². The number of nitrogens with one attached hydrogen (secondary N) is 2. The first-order chi connectivity index (χ1) is 10.2. The molecule has 3 rings (SSSR count). The number of aryl methyl sites for hydroxylation is 1. The van der Waals surface area contributed by atoms with Crippen LogP contribution in [-0.4, -0.2) is 28.1 Å². The topological polar surface area (TPSA) is 66.9 Å². The van der Waals surface area contributed by atoms with Crippen molar-refractivity contribution in [2.24, 2.45) is 0 Å². The fourth-order valence-electron chi connectivity index (χ4n) is 2.34. The van der Waals surface area contributed by atoms with E-state index in [1.807, 2.05) is 19.2 Å². The zero-order chi connectivity index (χ0) is 14.8. The van der Waals surface area contributed by atoms with Gasteiger partial charge in [-0.1, -0.05) is 11.8 Å². The fourth-order valence-corrected chi connectivity index (χ4v) is 4.59. The molecule has 0 saturated carbocycles. The summed E-state index contributed by atoms with van der Waals surface area (Å²) in [5.74, 6) is -0.100. The predicted molar refractivity (Wildman–Crippen MR) is 88.7 cm³/mol. The molecule has 0 spiro atoms. The molecule has 21 heavy (non-hydrogen) atoms. The Labute approximate surface area is 135 Å². The average molecular weight is 340 g/mol. The van der Waals surface area contributed by atoms with Crippen LogP contribution in [0.2, 0.25) is 0 Å². The molecule has 0 radical (unpaired) electrons. The second kappa shape index (κ2) is 6.43. The molecule has 1 aliphatic rings. The van der Waals surface area contributed by atoms with Crippen LogP contribution in [0.3, 0.4) is 0 Å². The fraction of sp³-hybridized carbons (Fsp3) is 0.462. The molecule has 0 bridgehead atoms. The molecule has 2 N–H and O–H groups in total. The highest BCUT2D eigenvalue weighted by molar-refractivity contribution is 7.98. The summed E-state index contributed by atoms with van der Waals surface area (Å²) in [6, 6.07) is 2.41. The number of carbonyl (C=O) groups is 1. The van der Waals surface area contributed by atoms with Gasteiger partial charge in [0.15, 0.2) is 0 Å². The minimum Gasteiger partial charge on any atom is -0.309 e. The van der Waals surface area contributed by atoms with Gasteiger partial charge in [0.25, 0.3) is 5.91 Å². The van der Waals surface area contributed by atoms with Crippen LogP contribution in [-0.2, 0) is 0 Å². The first kappa shape index (κ1) is 15.0. The van der Waals surface area contributed by atoms with Crippen LogP contribution in [0.5, 0.6) is 0 Å². The highest BCUT2D eigenvalue weighted by Crippen LogP contribution is 2.32. The molecule has 2 aromatic rings. The lowest BCUT2D eigenvalue weighted by Gasteiger charge is -2.05. The molecular formula is C13H16N4OS3. The Morgan fingerprint density at radius 1 is 1.57 bits per heavy atom. The molecular weight excluding hydrogens is 324 g/mol. The van der Waals surface area contributed by atoms with Crippen molar-refractivity contribution in [2.45, 2.75) is 31.0 Å². The zero-order valence-corrected chi connectivity index (χ0v) is 14.3. The van der Waals surface area contributed by atoms with Gasteiger partial charge in [-0.05, 0) is 38.6 Å². The van der Waals surface area contributed by atoms with Gasteiger partial charge in [0.2, 0.25) is 10.3 Å². The molecule has 0 aromatic carbocycles. The number of nitrogens with zero attached hydrogens (tertiary/aromatic N) is 2. The van der Waals surface area contributed by atoms with Crippen molar-refractivity contribution < 1.29 is 4.79 Å². The van der Waals surface area contributed by atoms with Crippen LogP contribution in [0.25, 0.3) is 0 Å². The van der Waals surface area contributed by atoms with E-state index in [4.69, 9.17) is 0 Å². The van der Waals surface area contributed by atoms with E-state index in [1.165, 1.54) is 34.6 Å². The standard InChI is InChI=1S/C13H16N4OS3/c1-7-8(6-10(20-7)9-4-3-5-14-9)11(18)15-12-16-13(19-2)17-21-12/h6,9,14H,3-5H2,1-2H3,(H,15,16,17,18). The molecule has 3 heterocycles. The van der Waals surface area contributed by atoms with E-state index >= 15 is 0 Å². The van der Waals surface area contributed by atoms with Gasteiger partial charge in [0, 0.05) is 27.3 Å². The quantitative estimate of drug-likeness (QED) is 0.836. The Kier molecular flexibility index (Phi) is 4.58. The molecule has 1 atom stereocenters. The van der Waals surface area contributed by atoms with Crippen molar-refractivity contribution >= 4 is 45.7 Å². The van der Waals surface area contributed by atoms with Crippen molar-refractivity contribution in [2.75, 3.05) is 18.1 Å². The minimum atomic E-state index is -0.100. The molecule has 1 unspecified atom stereocenters. The largest absolute Gasteiger partial charge is 0.309 e. The summed E-state index contributed by atoms with van der Waals surface area (Å²) in [4.78, 5) is 18.9. The summed E-state index contributed by atoms with van der Waals surface area (Å²) in [6.07, 6.45) is 4.26. The van der Waals surface area contributed by atoms with E-state index < -0.39 is 0 Å². The second-order valence-corrected chi connectivity index (χ2v) is 7.62. The maximum atomic E-state index is 12.4. The van der Waals surface area contributed by atoms with Gasteiger partial charge in [0.1, 0.15) is 0 Å². The number of thioether (sulfide) groups is 1. The molecule has 8 heteroatoms. The number of hydrogen-bond donors (Lipinski definition) is 2. The van der Waals surface area contributed by atoms with Gasteiger partial charge in [-0.3, -0.25) is 10.1 Å². The van der Waals surface area contributed by atoms with E-state index in [9.17, 15) is 4.79 Å². The summed E-state index contributed by atoms with van der Waals surface area (Å²) < 4.78 is 4.14. The molecule has 2 aromatic heterocycles. The first-order valence-electron chi connectivity index (χ1n) is 6.70. The third-order valence-electron chi connectivity index (χ3n) is 3.40. The number of hydrogen-bond acceptors (Lipinski definition) is 7. The van der Waals surface area contributed by atoms with E-state index in [0.29, 0.717) is 16.3 Å². The van der Waals surface area contributed by atoms with Crippen LogP contribution in [0.1, 0.15) is 39.0 Å². The predicted octanol–water partition coefficient (Wildman–Crippen LogP) is 3.31. The molecule has 112 valence electrons. The smallest absolute Gasteiger partial charge is 0.258 e. The summed E-state index contributed by atoms with van der Waals surface area (Å²) in [5, 5.41) is 7.54. The van der Waals surface area contributed by atoms with Crippen LogP contribution < -0.4 is 10.6 Å². The lowest BCUT2D eigenvalue weighted by molar-refractivity contribution is 0.102. The lowest BCUT2D eigenvalue weighted by Crippen LogP contribution is -2.13. The molecule has 1 amide bonds. The number of thiophene rings is 1. The van der Waals surface area contributed by atoms with Gasteiger partial charge < -0.3 is 5.32 Å². The van der Waals surface area contributed by atoms with E-state index in [-0.39, 0.29) is 5.91 Å². The first-order valence-corrected chi connectivity index (χ1v) is 9.51. The zero-order valence-electron chi connectivity index (χ0n) is 11.8.